The van der Waals surface area contributed by atoms with E-state index in [1.54, 1.807) is 0 Å². The van der Waals surface area contributed by atoms with Gasteiger partial charge in [0.15, 0.2) is 0 Å². The van der Waals surface area contributed by atoms with E-state index in [9.17, 15) is 0 Å². The Morgan fingerprint density at radius 2 is 2.44 bits per heavy atom. The Morgan fingerprint density at radius 1 is 1.89 bits per heavy atom. The highest BCUT2D eigenvalue weighted by atomic mass is 32.1. The fourth-order valence-electron chi connectivity index (χ4n) is 1.17. The van der Waals surface area contributed by atoms with Gasteiger partial charge in [0.05, 0.1) is 0 Å². The van der Waals surface area contributed by atoms with E-state index in [0.29, 0.717) is 4.75 Å². The lowest BCUT2D eigenvalue weighted by Crippen LogP contribution is -1.92. The molecular weight excluding hydrogens is 128 g/mol. The highest BCUT2D eigenvalue weighted by Gasteiger charge is 2.45. The zero-order chi connectivity index (χ0) is 6.91. The molecule has 0 aromatic carbocycles. The van der Waals surface area contributed by atoms with Crippen molar-refractivity contribution in [3.05, 3.63) is 12.7 Å². The van der Waals surface area contributed by atoms with Crippen LogP contribution in [0.3, 0.4) is 0 Å². The molecule has 0 nitrogen and oxygen atoms in total. The van der Waals surface area contributed by atoms with Gasteiger partial charge in [-0.25, -0.2) is 0 Å². The van der Waals surface area contributed by atoms with Crippen LogP contribution in [-0.2, 0) is 0 Å². The molecule has 1 fully saturated rings. The van der Waals surface area contributed by atoms with Crippen LogP contribution in [0.15, 0.2) is 12.7 Å². The molecule has 0 radical (unpaired) electrons. The summed E-state index contributed by atoms with van der Waals surface area (Å²) in [6.45, 7) is 5.90. The second-order valence-electron chi connectivity index (χ2n) is 3.12. The third-order valence-electron chi connectivity index (χ3n) is 2.10. The summed E-state index contributed by atoms with van der Waals surface area (Å²) < 4.78 is 0.364. The SMILES string of the molecule is C=CCC[C@H]1C[C@@]1(C)S. The van der Waals surface area contributed by atoms with E-state index >= 15 is 0 Å². The standard InChI is InChI=1S/C8H14S/c1-3-4-5-7-6-8(7,2)9/h3,7,9H,1,4-6H2,2H3/t7-,8+/m0/s1. The molecule has 1 heteroatoms. The summed E-state index contributed by atoms with van der Waals surface area (Å²) in [6.07, 6.45) is 5.72. The van der Waals surface area contributed by atoms with Crippen molar-refractivity contribution < 1.29 is 0 Å². The average molecular weight is 142 g/mol. The molecule has 1 aliphatic carbocycles. The summed E-state index contributed by atoms with van der Waals surface area (Å²) in [5, 5.41) is 0. The molecule has 1 aliphatic rings. The lowest BCUT2D eigenvalue weighted by Gasteiger charge is -1.98. The lowest BCUT2D eigenvalue weighted by atomic mass is 10.2. The molecule has 52 valence electrons. The number of hydrogen-bond acceptors (Lipinski definition) is 1. The summed E-state index contributed by atoms with van der Waals surface area (Å²) in [5.74, 6) is 0.860. The smallest absolute Gasteiger partial charge is 0.0133 e. The first kappa shape index (κ1) is 7.20. The van der Waals surface area contributed by atoms with E-state index in [4.69, 9.17) is 0 Å². The summed E-state index contributed by atoms with van der Waals surface area (Å²) in [6, 6.07) is 0. The van der Waals surface area contributed by atoms with Crippen LogP contribution in [-0.4, -0.2) is 4.75 Å². The van der Waals surface area contributed by atoms with E-state index in [1.807, 2.05) is 6.08 Å². The van der Waals surface area contributed by atoms with Gasteiger partial charge in [-0.15, -0.1) is 6.58 Å². The molecule has 0 aromatic heterocycles. The molecular formula is C8H14S. The molecule has 0 bridgehead atoms. The molecule has 0 spiro atoms. The molecule has 1 saturated carbocycles. The second kappa shape index (κ2) is 2.37. The minimum Gasteiger partial charge on any atom is -0.172 e. The maximum absolute atomic E-state index is 4.47. The van der Waals surface area contributed by atoms with Crippen molar-refractivity contribution in [1.82, 2.24) is 0 Å². The highest BCUT2D eigenvalue weighted by molar-refractivity contribution is 7.82. The van der Waals surface area contributed by atoms with Crippen LogP contribution in [0.2, 0.25) is 0 Å². The van der Waals surface area contributed by atoms with Gasteiger partial charge in [0.25, 0.3) is 0 Å². The van der Waals surface area contributed by atoms with Crippen molar-refractivity contribution in [2.75, 3.05) is 0 Å². The maximum atomic E-state index is 4.47. The van der Waals surface area contributed by atoms with Crippen LogP contribution >= 0.6 is 12.6 Å². The molecule has 0 amide bonds. The van der Waals surface area contributed by atoms with Crippen LogP contribution in [0.25, 0.3) is 0 Å². The first-order chi connectivity index (χ1) is 4.17. The summed E-state index contributed by atoms with van der Waals surface area (Å²) in [4.78, 5) is 0. The molecule has 0 saturated heterocycles. The molecule has 0 N–H and O–H groups in total. The van der Waals surface area contributed by atoms with E-state index in [0.717, 1.165) is 12.3 Å². The van der Waals surface area contributed by atoms with Gasteiger partial charge in [-0.3, -0.25) is 0 Å². The number of rotatable bonds is 3. The Hall–Kier alpha value is 0.0900. The topological polar surface area (TPSA) is 0 Å². The van der Waals surface area contributed by atoms with Crippen molar-refractivity contribution in [3.8, 4) is 0 Å². The Kier molecular flexibility index (Phi) is 1.90. The zero-order valence-electron chi connectivity index (χ0n) is 5.93. The van der Waals surface area contributed by atoms with E-state index in [1.165, 1.54) is 12.8 Å². The van der Waals surface area contributed by atoms with Crippen molar-refractivity contribution in [3.63, 3.8) is 0 Å². The van der Waals surface area contributed by atoms with Crippen molar-refractivity contribution in [2.45, 2.75) is 30.9 Å². The first-order valence-electron chi connectivity index (χ1n) is 3.50. The van der Waals surface area contributed by atoms with Gasteiger partial charge in [0.2, 0.25) is 0 Å². The van der Waals surface area contributed by atoms with Crippen LogP contribution < -0.4 is 0 Å². The molecule has 0 unspecified atom stereocenters. The zero-order valence-corrected chi connectivity index (χ0v) is 6.82. The largest absolute Gasteiger partial charge is 0.172 e. The lowest BCUT2D eigenvalue weighted by molar-refractivity contribution is 0.706. The summed E-state index contributed by atoms with van der Waals surface area (Å²) in [7, 11) is 0. The van der Waals surface area contributed by atoms with Gasteiger partial charge >= 0.3 is 0 Å². The Balaban J connectivity index is 2.12. The Labute approximate surface area is 62.8 Å². The fourth-order valence-corrected chi connectivity index (χ4v) is 1.52. The van der Waals surface area contributed by atoms with E-state index in [-0.39, 0.29) is 0 Å². The minimum atomic E-state index is 0.364. The Morgan fingerprint density at radius 3 is 2.78 bits per heavy atom. The predicted octanol–water partition coefficient (Wildman–Crippen LogP) is 2.66. The monoisotopic (exact) mass is 142 g/mol. The van der Waals surface area contributed by atoms with Crippen molar-refractivity contribution >= 4 is 12.6 Å². The predicted molar refractivity (Wildman–Crippen MR) is 44.9 cm³/mol. The quantitative estimate of drug-likeness (QED) is 0.454. The summed E-state index contributed by atoms with van der Waals surface area (Å²) in [5.41, 5.74) is 0. The van der Waals surface area contributed by atoms with Gasteiger partial charge in [-0.1, -0.05) is 13.0 Å². The third kappa shape index (κ3) is 1.75. The van der Waals surface area contributed by atoms with E-state index < -0.39 is 0 Å². The fraction of sp³-hybridized carbons (Fsp3) is 0.750. The van der Waals surface area contributed by atoms with Gasteiger partial charge in [-0.05, 0) is 25.2 Å². The molecule has 2 atom stereocenters. The number of thiol groups is 1. The van der Waals surface area contributed by atoms with Crippen LogP contribution in [0.1, 0.15) is 26.2 Å². The Bertz CT molecular complexity index is 116. The average Bonchev–Trinajstić information content (AvgIpc) is 2.35. The highest BCUT2D eigenvalue weighted by Crippen LogP contribution is 2.51. The van der Waals surface area contributed by atoms with Gasteiger partial charge in [-0.2, -0.15) is 12.6 Å². The van der Waals surface area contributed by atoms with Gasteiger partial charge in [0.1, 0.15) is 0 Å². The molecule has 0 aliphatic heterocycles. The second-order valence-corrected chi connectivity index (χ2v) is 4.15. The molecule has 1 rings (SSSR count). The van der Waals surface area contributed by atoms with Gasteiger partial charge < -0.3 is 0 Å². The van der Waals surface area contributed by atoms with Crippen LogP contribution in [0.4, 0.5) is 0 Å². The van der Waals surface area contributed by atoms with E-state index in [2.05, 4.69) is 26.1 Å². The van der Waals surface area contributed by atoms with Gasteiger partial charge in [0, 0.05) is 4.75 Å². The molecule has 0 aromatic rings. The number of allylic oxidation sites excluding steroid dienone is 1. The van der Waals surface area contributed by atoms with Crippen LogP contribution in [0, 0.1) is 5.92 Å². The molecule has 0 heterocycles. The van der Waals surface area contributed by atoms with Crippen molar-refractivity contribution in [1.29, 1.82) is 0 Å². The first-order valence-corrected chi connectivity index (χ1v) is 3.95. The normalized spacial score (nSPS) is 40.4. The number of hydrogen-bond donors (Lipinski definition) is 1. The third-order valence-corrected chi connectivity index (χ3v) is 2.65. The maximum Gasteiger partial charge on any atom is 0.0133 e. The minimum absolute atomic E-state index is 0.364. The summed E-state index contributed by atoms with van der Waals surface area (Å²) >= 11 is 4.47. The van der Waals surface area contributed by atoms with Crippen molar-refractivity contribution in [2.24, 2.45) is 5.92 Å². The van der Waals surface area contributed by atoms with Crippen LogP contribution in [0.5, 0.6) is 0 Å². The molecule has 9 heavy (non-hydrogen) atoms.